The van der Waals surface area contributed by atoms with E-state index in [1.807, 2.05) is 0 Å². The Morgan fingerprint density at radius 1 is 1.35 bits per heavy atom. The molecule has 2 heterocycles. The van der Waals surface area contributed by atoms with E-state index in [0.717, 1.165) is 4.57 Å². The van der Waals surface area contributed by atoms with Crippen LogP contribution < -0.4 is 5.69 Å². The molecule has 1 saturated heterocycles. The zero-order valence-corrected chi connectivity index (χ0v) is 13.2. The molecule has 0 amide bonds. The second-order valence-electron chi connectivity index (χ2n) is 4.91. The van der Waals surface area contributed by atoms with Crippen LogP contribution in [0.25, 0.3) is 0 Å². The fourth-order valence-electron chi connectivity index (χ4n) is 2.36. The summed E-state index contributed by atoms with van der Waals surface area (Å²) < 4.78 is 17.1. The summed E-state index contributed by atoms with van der Waals surface area (Å²) in [6, 6.07) is 1.46. The summed E-state index contributed by atoms with van der Waals surface area (Å²) >= 11 is 4.86. The van der Waals surface area contributed by atoms with Crippen molar-refractivity contribution in [3.8, 4) is 0 Å². The third kappa shape index (κ3) is 3.84. The molecule has 1 fully saturated rings. The molecular weight excluding hydrogens is 328 g/mol. The number of rotatable bonds is 4. The van der Waals surface area contributed by atoms with Gasteiger partial charge in [-0.1, -0.05) is 12.2 Å². The Morgan fingerprint density at radius 3 is 2.48 bits per heavy atom. The van der Waals surface area contributed by atoms with Gasteiger partial charge in [0.2, 0.25) is 0 Å². The van der Waals surface area contributed by atoms with Gasteiger partial charge in [0.25, 0.3) is 0 Å². The molecular formula is C13H16N2O7S. The highest BCUT2D eigenvalue weighted by Crippen LogP contribution is 2.33. The Morgan fingerprint density at radius 2 is 1.96 bits per heavy atom. The largest absolute Gasteiger partial charge is 0.456 e. The van der Waals surface area contributed by atoms with Crippen molar-refractivity contribution in [1.29, 1.82) is 0 Å². The van der Waals surface area contributed by atoms with E-state index >= 15 is 0 Å². The van der Waals surface area contributed by atoms with Crippen molar-refractivity contribution in [2.24, 2.45) is 0 Å². The summed E-state index contributed by atoms with van der Waals surface area (Å²) in [5.74, 6) is -1.27. The van der Waals surface area contributed by atoms with Crippen molar-refractivity contribution in [3.63, 3.8) is 0 Å². The predicted molar refractivity (Wildman–Crippen MR) is 78.0 cm³/mol. The van der Waals surface area contributed by atoms with Crippen LogP contribution in [0.3, 0.4) is 0 Å². The summed E-state index contributed by atoms with van der Waals surface area (Å²) in [7, 11) is 0. The fourth-order valence-corrected chi connectivity index (χ4v) is 2.51. The Kier molecular flexibility index (Phi) is 5.29. The number of hydrogen-bond donors (Lipinski definition) is 2. The summed E-state index contributed by atoms with van der Waals surface area (Å²) in [6.45, 7) is 1.87. The molecule has 0 saturated carbocycles. The zero-order chi connectivity index (χ0) is 17.1. The van der Waals surface area contributed by atoms with Crippen LogP contribution in [0.15, 0.2) is 17.1 Å². The number of esters is 2. The van der Waals surface area contributed by atoms with Crippen LogP contribution >= 0.6 is 12.2 Å². The highest BCUT2D eigenvalue weighted by Gasteiger charge is 2.50. The minimum Gasteiger partial charge on any atom is -0.456 e. The Hall–Kier alpha value is -2.04. The molecule has 126 valence electrons. The third-order valence-electron chi connectivity index (χ3n) is 3.19. The lowest BCUT2D eigenvalue weighted by Gasteiger charge is -2.23. The zero-order valence-electron chi connectivity index (χ0n) is 12.4. The summed E-state index contributed by atoms with van der Waals surface area (Å²) in [5, 5.41) is 9.41. The second kappa shape index (κ2) is 7.02. The van der Waals surface area contributed by atoms with E-state index < -0.39 is 48.8 Å². The molecule has 10 heteroatoms. The molecule has 9 nitrogen and oxygen atoms in total. The van der Waals surface area contributed by atoms with E-state index in [4.69, 9.17) is 26.4 Å². The van der Waals surface area contributed by atoms with Crippen LogP contribution in [0, 0.1) is 4.64 Å². The number of aromatic nitrogens is 2. The fraction of sp³-hybridized carbons (Fsp3) is 0.538. The summed E-state index contributed by atoms with van der Waals surface area (Å²) in [6.07, 6.45) is -2.77. The average Bonchev–Trinajstić information content (AvgIpc) is 2.76. The quantitative estimate of drug-likeness (QED) is 0.562. The Labute approximate surface area is 135 Å². The Bertz CT molecular complexity index is 713. The van der Waals surface area contributed by atoms with Gasteiger partial charge in [-0.3, -0.25) is 19.1 Å². The smallest absolute Gasteiger partial charge is 0.328 e. The van der Waals surface area contributed by atoms with Gasteiger partial charge in [0.05, 0.1) is 6.61 Å². The third-order valence-corrected chi connectivity index (χ3v) is 3.43. The Balaban J connectivity index is 2.43. The van der Waals surface area contributed by atoms with Crippen molar-refractivity contribution < 1.29 is 28.9 Å². The van der Waals surface area contributed by atoms with Gasteiger partial charge < -0.3 is 19.3 Å². The number of carbonyl (C=O) groups is 2. The molecule has 1 aliphatic heterocycles. The molecule has 0 bridgehead atoms. The maximum absolute atomic E-state index is 12.0. The second-order valence-corrected chi connectivity index (χ2v) is 5.35. The molecule has 2 N–H and O–H groups in total. The van der Waals surface area contributed by atoms with Gasteiger partial charge in [0.15, 0.2) is 18.4 Å². The molecule has 1 aromatic rings. The minimum absolute atomic E-state index is 0.225. The number of nitrogens with zero attached hydrogens (tertiary/aromatic N) is 1. The van der Waals surface area contributed by atoms with Crippen LogP contribution in [0.4, 0.5) is 0 Å². The van der Waals surface area contributed by atoms with Crippen molar-refractivity contribution in [1.82, 2.24) is 9.55 Å². The van der Waals surface area contributed by atoms with Crippen LogP contribution in [0.1, 0.15) is 20.1 Å². The van der Waals surface area contributed by atoms with E-state index in [0.29, 0.717) is 0 Å². The average molecular weight is 344 g/mol. The first kappa shape index (κ1) is 17.3. The number of aliphatic hydroxyl groups is 1. The van der Waals surface area contributed by atoms with Gasteiger partial charge >= 0.3 is 17.6 Å². The molecule has 4 atom stereocenters. The number of aliphatic hydroxyl groups excluding tert-OH is 1. The molecule has 0 aliphatic carbocycles. The van der Waals surface area contributed by atoms with E-state index in [1.54, 1.807) is 0 Å². The number of carbonyl (C=O) groups excluding carboxylic acids is 2. The van der Waals surface area contributed by atoms with Gasteiger partial charge in [0, 0.05) is 20.0 Å². The first-order valence-corrected chi connectivity index (χ1v) is 7.16. The standard InChI is InChI=1S/C13H16N2O7S/c1-6(17)20-10-8(5-16)22-12(11(10)21-7(2)18)15-4-3-9(23)14-13(15)19/h3-4,8,10-12,16H,5H2,1-2H3,(H,14,19,23). The maximum atomic E-state index is 12.0. The van der Waals surface area contributed by atoms with Gasteiger partial charge in [-0.25, -0.2) is 4.79 Å². The lowest BCUT2D eigenvalue weighted by atomic mass is 10.1. The highest BCUT2D eigenvalue weighted by molar-refractivity contribution is 7.71. The molecule has 0 spiro atoms. The number of aromatic amines is 1. The van der Waals surface area contributed by atoms with Gasteiger partial charge in [-0.15, -0.1) is 0 Å². The molecule has 4 unspecified atom stereocenters. The van der Waals surface area contributed by atoms with E-state index in [2.05, 4.69) is 4.98 Å². The van der Waals surface area contributed by atoms with Gasteiger partial charge in [-0.05, 0) is 6.07 Å². The molecule has 23 heavy (non-hydrogen) atoms. The van der Waals surface area contributed by atoms with E-state index in [1.165, 1.54) is 26.1 Å². The topological polar surface area (TPSA) is 120 Å². The van der Waals surface area contributed by atoms with Crippen molar-refractivity contribution in [2.75, 3.05) is 6.61 Å². The van der Waals surface area contributed by atoms with Crippen LogP contribution in [-0.2, 0) is 23.8 Å². The number of H-pyrrole nitrogens is 1. The molecule has 0 radical (unpaired) electrons. The first-order valence-electron chi connectivity index (χ1n) is 6.75. The normalized spacial score (nSPS) is 26.7. The van der Waals surface area contributed by atoms with Crippen LogP contribution in [0.2, 0.25) is 0 Å². The van der Waals surface area contributed by atoms with Crippen molar-refractivity contribution in [3.05, 3.63) is 27.4 Å². The first-order chi connectivity index (χ1) is 10.8. The monoisotopic (exact) mass is 344 g/mol. The van der Waals surface area contributed by atoms with Crippen molar-refractivity contribution >= 4 is 24.2 Å². The van der Waals surface area contributed by atoms with E-state index in [9.17, 15) is 19.5 Å². The number of ether oxygens (including phenoxy) is 3. The molecule has 0 aromatic carbocycles. The minimum atomic E-state index is -1.09. The summed E-state index contributed by atoms with van der Waals surface area (Å²) in [4.78, 5) is 37.1. The lowest BCUT2D eigenvalue weighted by Crippen LogP contribution is -2.41. The molecule has 2 rings (SSSR count). The predicted octanol–water partition coefficient (Wildman–Crippen LogP) is -0.341. The van der Waals surface area contributed by atoms with Gasteiger partial charge in [-0.2, -0.15) is 0 Å². The van der Waals surface area contributed by atoms with Gasteiger partial charge in [0.1, 0.15) is 10.7 Å². The number of hydrogen-bond acceptors (Lipinski definition) is 8. The van der Waals surface area contributed by atoms with Crippen LogP contribution in [0.5, 0.6) is 0 Å². The SMILES string of the molecule is CC(=O)OC1C(CO)OC(n2ccc(=S)[nH]c2=O)C1OC(C)=O. The highest BCUT2D eigenvalue weighted by atomic mass is 32.1. The summed E-state index contributed by atoms with van der Waals surface area (Å²) in [5.41, 5.74) is -0.584. The lowest BCUT2D eigenvalue weighted by molar-refractivity contribution is -0.165. The van der Waals surface area contributed by atoms with Crippen molar-refractivity contribution in [2.45, 2.75) is 38.4 Å². The molecule has 1 aromatic heterocycles. The molecule has 1 aliphatic rings. The van der Waals surface area contributed by atoms with E-state index in [-0.39, 0.29) is 4.64 Å². The number of nitrogens with one attached hydrogen (secondary N) is 1. The van der Waals surface area contributed by atoms with Crippen LogP contribution in [-0.4, -0.2) is 51.5 Å². The maximum Gasteiger partial charge on any atom is 0.328 e.